The van der Waals surface area contributed by atoms with Crippen LogP contribution in [0.25, 0.3) is 10.9 Å². The fourth-order valence-electron chi connectivity index (χ4n) is 7.15. The molecule has 1 aromatic heterocycles. The molecule has 3 aromatic rings. The number of amides is 4. The van der Waals surface area contributed by atoms with Crippen molar-refractivity contribution in [3.05, 3.63) is 64.8 Å². The van der Waals surface area contributed by atoms with Gasteiger partial charge in [-0.05, 0) is 108 Å². The van der Waals surface area contributed by atoms with Crippen molar-refractivity contribution < 1.29 is 56.6 Å². The normalized spacial score (nSPS) is 17.5. The van der Waals surface area contributed by atoms with Crippen LogP contribution in [-0.2, 0) is 59.9 Å². The second-order valence-corrected chi connectivity index (χ2v) is 20.2. The molecule has 2 aliphatic rings. The minimum Gasteiger partial charge on any atom is -0.438 e. The van der Waals surface area contributed by atoms with E-state index in [0.29, 0.717) is 29.4 Å². The van der Waals surface area contributed by atoms with Gasteiger partial charge in [-0.3, -0.25) is 52.1 Å². The van der Waals surface area contributed by atoms with Crippen LogP contribution in [0.2, 0.25) is 0 Å². The monoisotopic (exact) mass is 879 g/mol. The third-order valence-electron chi connectivity index (χ3n) is 11.1. The number of primary amides is 1. The van der Waals surface area contributed by atoms with Crippen LogP contribution in [0.5, 0.6) is 0 Å². The maximum Gasteiger partial charge on any atom is 0.407 e. The second kappa shape index (κ2) is 18.9. The molecule has 0 aliphatic carbocycles. The van der Waals surface area contributed by atoms with Crippen LogP contribution in [0.4, 0.5) is 5.69 Å². The molecule has 336 valence electrons. The number of aromatic amines is 1. The highest BCUT2D eigenvalue weighted by atomic mass is 31.2. The van der Waals surface area contributed by atoms with Crippen molar-refractivity contribution in [3.8, 4) is 0 Å². The first-order chi connectivity index (χ1) is 28.9. The van der Waals surface area contributed by atoms with Crippen LogP contribution >= 0.6 is 7.60 Å². The lowest BCUT2D eigenvalue weighted by Gasteiger charge is -2.32. The van der Waals surface area contributed by atoms with Gasteiger partial charge < -0.3 is 30.8 Å². The molecule has 18 heteroatoms. The number of aryl methyl sites for hydroxylation is 1. The molecule has 2 aliphatic heterocycles. The van der Waals surface area contributed by atoms with Crippen LogP contribution in [-0.4, -0.2) is 77.8 Å². The highest BCUT2D eigenvalue weighted by Crippen LogP contribution is 2.51. The fraction of sp³-hybridized carbons (Fsp3) is 0.523. The number of carbonyl (C=O) groups excluding carboxylic acids is 7. The first-order valence-electron chi connectivity index (χ1n) is 20.7. The highest BCUT2D eigenvalue weighted by molar-refractivity contribution is 7.72. The van der Waals surface area contributed by atoms with E-state index in [0.717, 1.165) is 11.1 Å². The molecule has 4 atom stereocenters. The molecule has 62 heavy (non-hydrogen) atoms. The molecule has 5 rings (SSSR count). The third-order valence-corrected chi connectivity index (χ3v) is 12.8. The number of nitrogens with two attached hydrogens (primary N) is 1. The van der Waals surface area contributed by atoms with Gasteiger partial charge >= 0.3 is 19.5 Å². The van der Waals surface area contributed by atoms with Gasteiger partial charge in [0.1, 0.15) is 17.8 Å². The summed E-state index contributed by atoms with van der Waals surface area (Å²) in [5, 5.41) is 6.30. The van der Waals surface area contributed by atoms with Gasteiger partial charge in [0.2, 0.25) is 31.3 Å². The number of aromatic nitrogens is 1. The summed E-state index contributed by atoms with van der Waals surface area (Å²) in [7, 11) is -4.81. The number of nitrogens with zero attached hydrogens (tertiary/aromatic N) is 1. The molecule has 0 fully saturated rings. The lowest BCUT2D eigenvalue weighted by atomic mass is 9.87. The van der Waals surface area contributed by atoms with Gasteiger partial charge in [0.25, 0.3) is 11.4 Å². The van der Waals surface area contributed by atoms with E-state index < -0.39 is 79.3 Å². The van der Waals surface area contributed by atoms with E-state index in [1.807, 2.05) is 39.0 Å². The number of para-hydroxylation sites is 1. The number of carbonyl (C=O) groups is 7. The second-order valence-electron chi connectivity index (χ2n) is 18.3. The molecule has 3 heterocycles. The Kier molecular flexibility index (Phi) is 14.6. The van der Waals surface area contributed by atoms with Crippen molar-refractivity contribution in [2.24, 2.45) is 28.4 Å². The summed E-state index contributed by atoms with van der Waals surface area (Å²) in [6.45, 7) is 13.8. The number of H-pyrrole nitrogens is 1. The molecular formula is C44H58N5O12P. The molecule has 2 aromatic carbocycles. The van der Waals surface area contributed by atoms with Crippen LogP contribution in [0, 0.1) is 22.7 Å². The molecule has 0 unspecified atom stereocenters. The predicted octanol–water partition coefficient (Wildman–Crippen LogP) is 5.67. The Morgan fingerprint density at radius 1 is 0.903 bits per heavy atom. The summed E-state index contributed by atoms with van der Waals surface area (Å²) in [6.07, 6.45) is 1.42. The Bertz CT molecular complexity index is 2250. The minimum atomic E-state index is -4.81. The number of hydrogen-bond acceptors (Lipinski definition) is 12. The first kappa shape index (κ1) is 47.7. The van der Waals surface area contributed by atoms with Gasteiger partial charge in [0.15, 0.2) is 0 Å². The van der Waals surface area contributed by atoms with E-state index in [1.165, 1.54) is 29.2 Å². The molecular weight excluding hydrogens is 821 g/mol. The van der Waals surface area contributed by atoms with Gasteiger partial charge in [-0.15, -0.1) is 0 Å². The van der Waals surface area contributed by atoms with E-state index in [4.69, 9.17) is 24.3 Å². The Labute approximate surface area is 361 Å². The van der Waals surface area contributed by atoms with Crippen molar-refractivity contribution in [2.45, 2.75) is 113 Å². The van der Waals surface area contributed by atoms with E-state index in [9.17, 15) is 38.1 Å². The zero-order valence-electron chi connectivity index (χ0n) is 36.7. The van der Waals surface area contributed by atoms with Crippen LogP contribution in [0.15, 0.2) is 42.5 Å². The molecule has 0 radical (unpaired) electrons. The highest BCUT2D eigenvalue weighted by Gasteiger charge is 2.45. The molecule has 5 N–H and O–H groups in total. The van der Waals surface area contributed by atoms with E-state index in [2.05, 4.69) is 15.6 Å². The zero-order chi connectivity index (χ0) is 45.9. The first-order valence-corrected chi connectivity index (χ1v) is 22.2. The van der Waals surface area contributed by atoms with Gasteiger partial charge in [-0.25, -0.2) is 0 Å². The van der Waals surface area contributed by atoms with Crippen LogP contribution in [0.3, 0.4) is 0 Å². The van der Waals surface area contributed by atoms with Gasteiger partial charge in [-0.2, -0.15) is 0 Å². The number of hydrogen-bond donors (Lipinski definition) is 4. The zero-order valence-corrected chi connectivity index (χ0v) is 37.6. The summed E-state index contributed by atoms with van der Waals surface area (Å²) in [5.74, 6) is -3.11. The lowest BCUT2D eigenvalue weighted by molar-refractivity contribution is -0.162. The Morgan fingerprint density at radius 3 is 2.10 bits per heavy atom. The van der Waals surface area contributed by atoms with Gasteiger partial charge in [0.05, 0.1) is 16.5 Å². The Balaban J connectivity index is 1.35. The number of benzene rings is 2. The van der Waals surface area contributed by atoms with E-state index >= 15 is 0 Å². The van der Waals surface area contributed by atoms with Crippen molar-refractivity contribution in [1.82, 2.24) is 15.6 Å². The van der Waals surface area contributed by atoms with E-state index in [-0.39, 0.29) is 54.3 Å². The van der Waals surface area contributed by atoms with E-state index in [1.54, 1.807) is 41.5 Å². The molecule has 17 nitrogen and oxygen atoms in total. The quantitative estimate of drug-likeness (QED) is 0.0728. The number of anilines is 1. The molecule has 0 saturated carbocycles. The Morgan fingerprint density at radius 2 is 1.52 bits per heavy atom. The maximum atomic E-state index is 14.4. The maximum absolute atomic E-state index is 14.4. The SMILES string of the molecule is CC(C)[C@H](C)[C@H](CCC(N)=O)NC(=O)[C@@H]1Cc2cccc3c2N1C(=O)[C@@H](NC(=O)c1cc2cc(C(=O)P(=O)(OCOC(=O)C(C)(C)C)OCOC(=O)C(C)(C)C)ccc2[nH]1)CC3. The molecule has 4 amide bonds. The predicted molar refractivity (Wildman–Crippen MR) is 229 cm³/mol. The molecule has 0 bridgehead atoms. The van der Waals surface area contributed by atoms with Crippen LogP contribution in [0.1, 0.15) is 114 Å². The standard InChI is InChI=1S/C44H58N5O12P/c1-24(2)25(3)30(17-18-35(45)50)47-38(52)34-21-27-12-10-11-26-13-16-32(39(53)49(34)36(26)27)48-37(51)33-20-29-19-28(14-15-31(29)46-33)40(54)62(57,60-22-58-41(55)43(4,5)6)61-23-59-42(56)44(7,8)9/h10-12,14-15,19-20,24-25,30,32,34,46H,13,16-18,21-23H2,1-9H3,(H2,45,50)(H,47,52)(H,48,51)/t25-,30-,32-,34-/m0/s1. The van der Waals surface area contributed by atoms with Gasteiger partial charge in [0, 0.05) is 35.3 Å². The summed E-state index contributed by atoms with van der Waals surface area (Å²) in [4.78, 5) is 96.9. The number of nitrogens with one attached hydrogen (secondary N) is 3. The van der Waals surface area contributed by atoms with Crippen molar-refractivity contribution in [2.75, 3.05) is 18.5 Å². The summed E-state index contributed by atoms with van der Waals surface area (Å²) in [5.41, 5.74) is 5.15. The smallest absolute Gasteiger partial charge is 0.407 e. The lowest BCUT2D eigenvalue weighted by Crippen LogP contribution is -2.56. The molecule has 0 spiro atoms. The summed E-state index contributed by atoms with van der Waals surface area (Å²) >= 11 is 0. The third kappa shape index (κ3) is 11.0. The largest absolute Gasteiger partial charge is 0.438 e. The number of fused-ring (bicyclic) bond motifs is 1. The van der Waals surface area contributed by atoms with Crippen LogP contribution < -0.4 is 21.3 Å². The topological polar surface area (TPSA) is 243 Å². The molecule has 0 saturated heterocycles. The summed E-state index contributed by atoms with van der Waals surface area (Å²) in [6, 6.07) is 9.01. The number of esters is 2. The van der Waals surface area contributed by atoms with Crippen molar-refractivity contribution >= 4 is 65.3 Å². The van der Waals surface area contributed by atoms with Crippen molar-refractivity contribution in [1.29, 1.82) is 0 Å². The van der Waals surface area contributed by atoms with Gasteiger partial charge in [-0.1, -0.05) is 39.0 Å². The average Bonchev–Trinajstić information content (AvgIpc) is 3.78. The fourth-order valence-corrected chi connectivity index (χ4v) is 8.30. The minimum absolute atomic E-state index is 0.0102. The average molecular weight is 880 g/mol. The number of rotatable bonds is 17. The number of ether oxygens (including phenoxy) is 2. The van der Waals surface area contributed by atoms with Crippen molar-refractivity contribution in [3.63, 3.8) is 0 Å². The Hall–Kier alpha value is -5.38. The summed E-state index contributed by atoms with van der Waals surface area (Å²) < 4.78 is 34.6.